The van der Waals surface area contributed by atoms with Crippen LogP contribution in [0.3, 0.4) is 0 Å². The first-order valence-corrected chi connectivity index (χ1v) is 9.43. The number of sulfonamides is 1. The summed E-state index contributed by atoms with van der Waals surface area (Å²) in [7, 11) is 0.602. The zero-order valence-corrected chi connectivity index (χ0v) is 15.0. The highest BCUT2D eigenvalue weighted by molar-refractivity contribution is 7.92. The van der Waals surface area contributed by atoms with Crippen molar-refractivity contribution >= 4 is 33.0 Å². The van der Waals surface area contributed by atoms with E-state index in [0.29, 0.717) is 12.2 Å². The lowest BCUT2D eigenvalue weighted by atomic mass is 10.2. The van der Waals surface area contributed by atoms with Gasteiger partial charge in [0.1, 0.15) is 0 Å². The van der Waals surface area contributed by atoms with Gasteiger partial charge in [0.15, 0.2) is 11.6 Å². The fourth-order valence-corrected chi connectivity index (χ4v) is 3.19. The standard InChI is InChI=1S/C16H23N5O2S/c1-4-5-12-24(22,23)20-16-11-10-15(18-19-16)17-13-6-8-14(9-7-13)21(2)3/h6-11H,4-5,12H2,1-3H3,(H,17,18)(H,19,20). The molecular formula is C16H23N5O2S. The van der Waals surface area contributed by atoms with Gasteiger partial charge < -0.3 is 10.2 Å². The fourth-order valence-electron chi connectivity index (χ4n) is 1.99. The molecule has 1 aromatic heterocycles. The molecule has 0 saturated heterocycles. The highest BCUT2D eigenvalue weighted by Crippen LogP contribution is 2.19. The minimum absolute atomic E-state index is 0.0867. The minimum atomic E-state index is -3.36. The Bertz CT molecular complexity index is 743. The van der Waals surface area contributed by atoms with Gasteiger partial charge in [0.25, 0.3) is 0 Å². The van der Waals surface area contributed by atoms with Crippen LogP contribution in [-0.4, -0.2) is 38.5 Å². The van der Waals surface area contributed by atoms with Crippen molar-refractivity contribution in [1.82, 2.24) is 10.2 Å². The maximum atomic E-state index is 11.8. The monoisotopic (exact) mass is 349 g/mol. The average Bonchev–Trinajstić information content (AvgIpc) is 2.55. The van der Waals surface area contributed by atoms with Gasteiger partial charge in [0.05, 0.1) is 5.75 Å². The molecule has 0 aliphatic rings. The highest BCUT2D eigenvalue weighted by Gasteiger charge is 2.10. The molecule has 0 spiro atoms. The van der Waals surface area contributed by atoms with E-state index in [4.69, 9.17) is 0 Å². The summed E-state index contributed by atoms with van der Waals surface area (Å²) in [4.78, 5) is 2.02. The Morgan fingerprint density at radius 2 is 1.62 bits per heavy atom. The molecule has 0 radical (unpaired) electrons. The maximum Gasteiger partial charge on any atom is 0.233 e. The van der Waals surface area contributed by atoms with Gasteiger partial charge >= 0.3 is 0 Å². The summed E-state index contributed by atoms with van der Waals surface area (Å²) < 4.78 is 26.1. The van der Waals surface area contributed by atoms with Gasteiger partial charge in [-0.1, -0.05) is 13.3 Å². The van der Waals surface area contributed by atoms with Crippen molar-refractivity contribution in [1.29, 1.82) is 0 Å². The Morgan fingerprint density at radius 3 is 2.17 bits per heavy atom. The summed E-state index contributed by atoms with van der Waals surface area (Å²) in [5, 5.41) is 11.0. The van der Waals surface area contributed by atoms with Gasteiger partial charge in [-0.15, -0.1) is 10.2 Å². The second kappa shape index (κ2) is 7.96. The van der Waals surface area contributed by atoms with Crippen molar-refractivity contribution in [2.75, 3.05) is 34.8 Å². The SMILES string of the molecule is CCCCS(=O)(=O)Nc1ccc(Nc2ccc(N(C)C)cc2)nn1. The van der Waals surface area contributed by atoms with Gasteiger partial charge in [0, 0.05) is 25.5 Å². The molecule has 130 valence electrons. The Hall–Kier alpha value is -2.35. The van der Waals surface area contributed by atoms with Gasteiger partial charge in [0.2, 0.25) is 10.0 Å². The molecule has 24 heavy (non-hydrogen) atoms. The normalized spacial score (nSPS) is 11.1. The number of aromatic nitrogens is 2. The van der Waals surface area contributed by atoms with E-state index in [1.807, 2.05) is 50.2 Å². The Kier molecular flexibility index (Phi) is 5.97. The highest BCUT2D eigenvalue weighted by atomic mass is 32.2. The van der Waals surface area contributed by atoms with Crippen LogP contribution in [0.4, 0.5) is 23.0 Å². The molecule has 0 atom stereocenters. The lowest BCUT2D eigenvalue weighted by Gasteiger charge is -2.13. The van der Waals surface area contributed by atoms with E-state index in [0.717, 1.165) is 17.8 Å². The van der Waals surface area contributed by atoms with Gasteiger partial charge in [-0.3, -0.25) is 4.72 Å². The molecule has 0 fully saturated rings. The van der Waals surface area contributed by atoms with E-state index in [2.05, 4.69) is 20.2 Å². The molecule has 0 amide bonds. The number of benzene rings is 1. The fraction of sp³-hybridized carbons (Fsp3) is 0.375. The molecule has 0 saturated carbocycles. The molecule has 8 heteroatoms. The summed E-state index contributed by atoms with van der Waals surface area (Å²) >= 11 is 0. The minimum Gasteiger partial charge on any atom is -0.378 e. The zero-order valence-electron chi connectivity index (χ0n) is 14.2. The van der Waals surface area contributed by atoms with E-state index >= 15 is 0 Å². The van der Waals surface area contributed by atoms with Crippen molar-refractivity contribution < 1.29 is 8.42 Å². The third-order valence-electron chi connectivity index (χ3n) is 3.35. The van der Waals surface area contributed by atoms with Crippen molar-refractivity contribution in [2.45, 2.75) is 19.8 Å². The van der Waals surface area contributed by atoms with Crippen LogP contribution >= 0.6 is 0 Å². The number of rotatable bonds is 8. The topological polar surface area (TPSA) is 87.2 Å². The van der Waals surface area contributed by atoms with Crippen LogP contribution in [0, 0.1) is 0 Å². The summed E-state index contributed by atoms with van der Waals surface area (Å²) in [6.07, 6.45) is 1.44. The van der Waals surface area contributed by atoms with Crippen LogP contribution in [-0.2, 0) is 10.0 Å². The van der Waals surface area contributed by atoms with Crippen LogP contribution in [0.15, 0.2) is 36.4 Å². The summed E-state index contributed by atoms with van der Waals surface area (Å²) in [5.41, 5.74) is 1.98. The molecule has 7 nitrogen and oxygen atoms in total. The lowest BCUT2D eigenvalue weighted by Crippen LogP contribution is -2.17. The number of hydrogen-bond acceptors (Lipinski definition) is 6. The largest absolute Gasteiger partial charge is 0.378 e. The molecular weight excluding hydrogens is 326 g/mol. The first-order chi connectivity index (χ1) is 11.4. The summed E-state index contributed by atoms with van der Waals surface area (Å²) in [6.45, 7) is 1.95. The molecule has 0 aliphatic heterocycles. The third kappa shape index (κ3) is 5.38. The Morgan fingerprint density at radius 1 is 1.00 bits per heavy atom. The molecule has 0 bridgehead atoms. The molecule has 0 unspecified atom stereocenters. The quantitative estimate of drug-likeness (QED) is 0.762. The van der Waals surface area contributed by atoms with Crippen molar-refractivity contribution in [2.24, 2.45) is 0 Å². The van der Waals surface area contributed by atoms with Crippen LogP contribution in [0.1, 0.15) is 19.8 Å². The number of unbranched alkanes of at least 4 members (excludes halogenated alkanes) is 1. The number of anilines is 4. The molecule has 1 heterocycles. The van der Waals surface area contributed by atoms with Crippen molar-refractivity contribution in [3.05, 3.63) is 36.4 Å². The first-order valence-electron chi connectivity index (χ1n) is 7.78. The second-order valence-corrected chi connectivity index (χ2v) is 7.49. The van der Waals surface area contributed by atoms with E-state index in [9.17, 15) is 8.42 Å². The van der Waals surface area contributed by atoms with Gasteiger partial charge in [-0.25, -0.2) is 8.42 Å². The van der Waals surface area contributed by atoms with E-state index in [-0.39, 0.29) is 11.6 Å². The third-order valence-corrected chi connectivity index (χ3v) is 4.69. The van der Waals surface area contributed by atoms with Gasteiger partial charge in [-0.05, 0) is 42.8 Å². The lowest BCUT2D eigenvalue weighted by molar-refractivity contribution is 0.597. The Labute approximate surface area is 143 Å². The number of hydrogen-bond donors (Lipinski definition) is 2. The zero-order chi connectivity index (χ0) is 17.6. The molecule has 2 aromatic rings. The number of nitrogens with one attached hydrogen (secondary N) is 2. The average molecular weight is 349 g/mol. The number of nitrogens with zero attached hydrogens (tertiary/aromatic N) is 3. The molecule has 0 aliphatic carbocycles. The molecule has 2 rings (SSSR count). The predicted octanol–water partition coefficient (Wildman–Crippen LogP) is 2.83. The Balaban J connectivity index is 1.99. The van der Waals surface area contributed by atoms with Crippen LogP contribution < -0.4 is 14.9 Å². The molecule has 2 N–H and O–H groups in total. The van der Waals surface area contributed by atoms with Gasteiger partial charge in [-0.2, -0.15) is 0 Å². The van der Waals surface area contributed by atoms with E-state index in [1.165, 1.54) is 0 Å². The molecule has 1 aromatic carbocycles. The smallest absolute Gasteiger partial charge is 0.233 e. The first kappa shape index (κ1) is 18.0. The predicted molar refractivity (Wildman–Crippen MR) is 98.4 cm³/mol. The maximum absolute atomic E-state index is 11.8. The van der Waals surface area contributed by atoms with Crippen LogP contribution in [0.5, 0.6) is 0 Å². The second-order valence-electron chi connectivity index (χ2n) is 5.64. The van der Waals surface area contributed by atoms with Crippen molar-refractivity contribution in [3.63, 3.8) is 0 Å². The van der Waals surface area contributed by atoms with Crippen LogP contribution in [0.25, 0.3) is 0 Å². The van der Waals surface area contributed by atoms with E-state index in [1.54, 1.807) is 12.1 Å². The summed E-state index contributed by atoms with van der Waals surface area (Å²) in [5.74, 6) is 0.854. The summed E-state index contributed by atoms with van der Waals surface area (Å²) in [6, 6.07) is 11.1. The van der Waals surface area contributed by atoms with E-state index < -0.39 is 10.0 Å². The van der Waals surface area contributed by atoms with Crippen molar-refractivity contribution in [3.8, 4) is 0 Å². The van der Waals surface area contributed by atoms with Crippen LogP contribution in [0.2, 0.25) is 0 Å².